The lowest BCUT2D eigenvalue weighted by Gasteiger charge is -2.38. The Morgan fingerprint density at radius 1 is 1.22 bits per heavy atom. The quantitative estimate of drug-likeness (QED) is 0.682. The second-order valence-electron chi connectivity index (χ2n) is 9.72. The number of hydrogen-bond donors (Lipinski definition) is 2. The Bertz CT molecular complexity index is 910. The molecule has 1 spiro atoms. The number of hydrogen-bond acceptors (Lipinski definition) is 6. The summed E-state index contributed by atoms with van der Waals surface area (Å²) < 4.78 is 4.95. The average Bonchev–Trinajstić information content (AvgIpc) is 3.23. The maximum Gasteiger partial charge on any atom is 0.325 e. The van der Waals surface area contributed by atoms with Crippen LogP contribution in [0.15, 0.2) is 10.6 Å². The number of nitrogens with one attached hydrogen (secondary N) is 2. The van der Waals surface area contributed by atoms with Crippen LogP contribution in [0, 0.1) is 24.7 Å². The molecule has 10 nitrogen and oxygen atoms in total. The van der Waals surface area contributed by atoms with Gasteiger partial charge in [-0.2, -0.15) is 0 Å². The first-order valence-electron chi connectivity index (χ1n) is 11.3. The number of piperidine rings is 1. The fourth-order valence-electron chi connectivity index (χ4n) is 5.50. The highest BCUT2D eigenvalue weighted by Crippen LogP contribution is 2.39. The predicted octanol–water partition coefficient (Wildman–Crippen LogP) is 1.91. The number of aryl methyl sites for hydroxylation is 1. The number of rotatable bonds is 4. The molecule has 1 unspecified atom stereocenters. The van der Waals surface area contributed by atoms with Crippen molar-refractivity contribution in [3.8, 4) is 0 Å². The third-order valence-electron chi connectivity index (χ3n) is 6.84. The van der Waals surface area contributed by atoms with Crippen molar-refractivity contribution >= 4 is 29.6 Å². The van der Waals surface area contributed by atoms with Gasteiger partial charge in [0.15, 0.2) is 5.82 Å². The van der Waals surface area contributed by atoms with Crippen molar-refractivity contribution in [2.75, 3.05) is 25.0 Å². The van der Waals surface area contributed by atoms with E-state index in [0.717, 1.165) is 11.3 Å². The Balaban J connectivity index is 1.30. The van der Waals surface area contributed by atoms with Crippen LogP contribution in [0.25, 0.3) is 0 Å². The second-order valence-corrected chi connectivity index (χ2v) is 9.72. The molecule has 174 valence electrons. The molecule has 2 aliphatic heterocycles. The van der Waals surface area contributed by atoms with Crippen molar-refractivity contribution in [3.63, 3.8) is 0 Å². The van der Waals surface area contributed by atoms with Gasteiger partial charge in [-0.3, -0.25) is 19.3 Å². The van der Waals surface area contributed by atoms with E-state index in [1.165, 1.54) is 0 Å². The number of likely N-dealkylation sites (tertiary alicyclic amines) is 1. The van der Waals surface area contributed by atoms with Gasteiger partial charge in [-0.05, 0) is 50.9 Å². The van der Waals surface area contributed by atoms with Crippen LogP contribution in [0.4, 0.5) is 10.6 Å². The monoisotopic (exact) mass is 445 g/mol. The van der Waals surface area contributed by atoms with Crippen LogP contribution in [0.3, 0.4) is 0 Å². The zero-order valence-corrected chi connectivity index (χ0v) is 18.8. The molecule has 1 aromatic heterocycles. The molecule has 2 N–H and O–H groups in total. The third kappa shape index (κ3) is 4.35. The van der Waals surface area contributed by atoms with Crippen LogP contribution in [-0.4, -0.2) is 63.9 Å². The van der Waals surface area contributed by atoms with Gasteiger partial charge >= 0.3 is 6.03 Å². The summed E-state index contributed by atoms with van der Waals surface area (Å²) in [7, 11) is 0. The Hall–Kier alpha value is -2.91. The molecule has 1 saturated carbocycles. The molecule has 10 heteroatoms. The van der Waals surface area contributed by atoms with E-state index in [2.05, 4.69) is 29.6 Å². The smallest absolute Gasteiger partial charge is 0.325 e. The van der Waals surface area contributed by atoms with E-state index in [4.69, 9.17) is 4.52 Å². The minimum Gasteiger partial charge on any atom is -0.360 e. The summed E-state index contributed by atoms with van der Waals surface area (Å²) in [6.45, 7) is 6.47. The molecule has 32 heavy (non-hydrogen) atoms. The first-order chi connectivity index (χ1) is 15.2. The maximum absolute atomic E-state index is 13.1. The summed E-state index contributed by atoms with van der Waals surface area (Å²) in [6.07, 6.45) is 3.26. The summed E-state index contributed by atoms with van der Waals surface area (Å²) in [5.41, 5.74) is -0.876. The van der Waals surface area contributed by atoms with Gasteiger partial charge in [0.2, 0.25) is 11.8 Å². The van der Waals surface area contributed by atoms with Gasteiger partial charge in [0, 0.05) is 25.1 Å². The van der Waals surface area contributed by atoms with Crippen molar-refractivity contribution in [1.82, 2.24) is 20.3 Å². The average molecular weight is 446 g/mol. The van der Waals surface area contributed by atoms with Gasteiger partial charge < -0.3 is 20.1 Å². The van der Waals surface area contributed by atoms with Crippen LogP contribution >= 0.6 is 0 Å². The molecule has 0 radical (unpaired) electrons. The molecular weight excluding hydrogens is 414 g/mol. The highest BCUT2D eigenvalue weighted by molar-refractivity contribution is 6.09. The Labute approximate surface area is 187 Å². The maximum atomic E-state index is 13.1. The molecule has 0 aromatic carbocycles. The second kappa shape index (κ2) is 8.55. The molecule has 5 amide bonds. The van der Waals surface area contributed by atoms with E-state index in [9.17, 15) is 19.2 Å². The van der Waals surface area contributed by atoms with Crippen LogP contribution < -0.4 is 10.6 Å². The van der Waals surface area contributed by atoms with E-state index in [0.29, 0.717) is 62.2 Å². The van der Waals surface area contributed by atoms with Crippen LogP contribution in [0.5, 0.6) is 0 Å². The summed E-state index contributed by atoms with van der Waals surface area (Å²) in [5, 5.41) is 9.38. The fraction of sp³-hybridized carbons (Fsp3) is 0.682. The number of nitrogens with zero attached hydrogens (tertiary/aromatic N) is 3. The molecule has 1 aromatic rings. The number of carbonyl (C=O) groups is 4. The van der Waals surface area contributed by atoms with Crippen molar-refractivity contribution < 1.29 is 23.7 Å². The minimum absolute atomic E-state index is 0.151. The van der Waals surface area contributed by atoms with E-state index in [1.54, 1.807) is 17.9 Å². The number of urea groups is 1. The molecule has 4 rings (SSSR count). The standard InChI is InChI=1S/C22H31N5O5/c1-13-8-14(2)11-22(10-13)20(30)27(21(31)24-22)12-18(28)26-6-4-16(5-7-26)19(29)23-17-9-15(3)32-25-17/h9,13-14,16H,4-8,10-12H2,1-3H3,(H,24,31)(H,23,25,29)/t13-,14+,22?. The van der Waals surface area contributed by atoms with Gasteiger partial charge in [0.1, 0.15) is 17.8 Å². The molecule has 3 atom stereocenters. The summed E-state index contributed by atoms with van der Waals surface area (Å²) in [6, 6.07) is 1.16. The summed E-state index contributed by atoms with van der Waals surface area (Å²) >= 11 is 0. The highest BCUT2D eigenvalue weighted by atomic mass is 16.5. The third-order valence-corrected chi connectivity index (χ3v) is 6.84. The number of amides is 5. The summed E-state index contributed by atoms with van der Waals surface area (Å²) in [4.78, 5) is 53.7. The van der Waals surface area contributed by atoms with Crippen molar-refractivity contribution in [3.05, 3.63) is 11.8 Å². The number of imide groups is 1. The molecule has 1 aliphatic carbocycles. The molecule has 0 bridgehead atoms. The Morgan fingerprint density at radius 3 is 2.47 bits per heavy atom. The molecule has 2 saturated heterocycles. The molecular formula is C22H31N5O5. The van der Waals surface area contributed by atoms with Gasteiger partial charge in [-0.25, -0.2) is 4.79 Å². The predicted molar refractivity (Wildman–Crippen MR) is 114 cm³/mol. The van der Waals surface area contributed by atoms with E-state index in [1.807, 2.05) is 0 Å². The van der Waals surface area contributed by atoms with Gasteiger partial charge in [-0.15, -0.1) is 0 Å². The molecule has 3 heterocycles. The summed E-state index contributed by atoms with van der Waals surface area (Å²) in [5.74, 6) is 0.725. The first-order valence-corrected chi connectivity index (χ1v) is 11.3. The van der Waals surface area contributed by atoms with Crippen LogP contribution in [0.1, 0.15) is 51.7 Å². The van der Waals surface area contributed by atoms with Crippen LogP contribution in [0.2, 0.25) is 0 Å². The Morgan fingerprint density at radius 2 is 1.88 bits per heavy atom. The van der Waals surface area contributed by atoms with Crippen molar-refractivity contribution in [2.45, 2.75) is 58.4 Å². The highest BCUT2D eigenvalue weighted by Gasteiger charge is 2.54. The van der Waals surface area contributed by atoms with Crippen molar-refractivity contribution in [1.29, 1.82) is 0 Å². The van der Waals surface area contributed by atoms with E-state index < -0.39 is 11.6 Å². The Kier molecular flexibility index (Phi) is 5.96. The lowest BCUT2D eigenvalue weighted by atomic mass is 9.71. The fourth-order valence-corrected chi connectivity index (χ4v) is 5.50. The van der Waals surface area contributed by atoms with E-state index >= 15 is 0 Å². The zero-order valence-electron chi connectivity index (χ0n) is 18.8. The molecule has 3 fully saturated rings. The van der Waals surface area contributed by atoms with Gasteiger partial charge in [0.25, 0.3) is 5.91 Å². The zero-order chi connectivity index (χ0) is 23.0. The van der Waals surface area contributed by atoms with Crippen LogP contribution in [-0.2, 0) is 14.4 Å². The van der Waals surface area contributed by atoms with E-state index in [-0.39, 0.29) is 30.2 Å². The van der Waals surface area contributed by atoms with Gasteiger partial charge in [-0.1, -0.05) is 19.0 Å². The number of anilines is 1. The number of carbonyl (C=O) groups excluding carboxylic acids is 4. The lowest BCUT2D eigenvalue weighted by Crippen LogP contribution is -2.52. The lowest BCUT2D eigenvalue weighted by molar-refractivity contribution is -0.141. The SMILES string of the molecule is Cc1cc(NC(=O)C2CCN(C(=O)CN3C(=O)NC4(C[C@H](C)C[C@H](C)C4)C3=O)CC2)no1. The largest absolute Gasteiger partial charge is 0.360 e. The normalized spacial score (nSPS) is 28.8. The molecule has 3 aliphatic rings. The van der Waals surface area contributed by atoms with Gasteiger partial charge in [0.05, 0.1) is 0 Å². The number of aromatic nitrogens is 1. The minimum atomic E-state index is -0.876. The van der Waals surface area contributed by atoms with Crippen molar-refractivity contribution in [2.24, 2.45) is 17.8 Å². The first kappa shape index (κ1) is 22.3. The topological polar surface area (TPSA) is 125 Å².